The van der Waals surface area contributed by atoms with Crippen molar-refractivity contribution in [3.63, 3.8) is 0 Å². The van der Waals surface area contributed by atoms with E-state index in [-0.39, 0.29) is 17.8 Å². The number of benzene rings is 2. The molecule has 0 aromatic heterocycles. The number of amides is 1. The maximum atomic E-state index is 15.0. The maximum Gasteiger partial charge on any atom is 0.406 e. The van der Waals surface area contributed by atoms with Gasteiger partial charge >= 0.3 is 6.09 Å². The van der Waals surface area contributed by atoms with Gasteiger partial charge in [-0.2, -0.15) is 0 Å². The fourth-order valence-electron chi connectivity index (χ4n) is 3.91. The molecule has 156 valence electrons. The molecule has 3 rings (SSSR count). The average Bonchev–Trinajstić information content (AvgIpc) is 2.74. The van der Waals surface area contributed by atoms with E-state index in [1.165, 1.54) is 13.2 Å². The second-order valence-electron chi connectivity index (χ2n) is 7.39. The zero-order valence-electron chi connectivity index (χ0n) is 17.0. The van der Waals surface area contributed by atoms with Gasteiger partial charge in [0, 0.05) is 24.6 Å². The van der Waals surface area contributed by atoms with Crippen molar-refractivity contribution in [3.8, 4) is 11.1 Å². The predicted octanol–water partition coefficient (Wildman–Crippen LogP) is 4.21. The molecule has 2 unspecified atom stereocenters. The molecule has 1 saturated heterocycles. The molecule has 5 nitrogen and oxygen atoms in total. The quantitative estimate of drug-likeness (QED) is 0.684. The Hall–Kier alpha value is -2.44. The maximum absolute atomic E-state index is 15.0. The Morgan fingerprint density at radius 1 is 1.31 bits per heavy atom. The number of nitrogens with one attached hydrogen (secondary N) is 2. The number of ether oxygens (including phenoxy) is 2. The van der Waals surface area contributed by atoms with Crippen molar-refractivity contribution < 1.29 is 18.7 Å². The van der Waals surface area contributed by atoms with Gasteiger partial charge in [-0.15, -0.1) is 0 Å². The van der Waals surface area contributed by atoms with Crippen LogP contribution in [-0.4, -0.2) is 39.4 Å². The van der Waals surface area contributed by atoms with Crippen molar-refractivity contribution in [2.75, 3.05) is 33.4 Å². The first-order valence-corrected chi connectivity index (χ1v) is 10.1. The van der Waals surface area contributed by atoms with E-state index < -0.39 is 6.09 Å². The van der Waals surface area contributed by atoms with Crippen LogP contribution in [-0.2, 0) is 9.47 Å². The van der Waals surface area contributed by atoms with Crippen LogP contribution in [0.4, 0.5) is 9.18 Å². The molecule has 2 atom stereocenters. The molecule has 1 fully saturated rings. The zero-order chi connectivity index (χ0) is 20.6. The molecule has 2 N–H and O–H groups in total. The second kappa shape index (κ2) is 10.4. The highest BCUT2D eigenvalue weighted by Gasteiger charge is 2.29. The number of piperidine rings is 1. The number of hydrogen-bond donors (Lipinski definition) is 2. The predicted molar refractivity (Wildman–Crippen MR) is 111 cm³/mol. The Kier molecular flexibility index (Phi) is 7.61. The fraction of sp³-hybridized carbons (Fsp3) is 0.435. The summed E-state index contributed by atoms with van der Waals surface area (Å²) in [5, 5.41) is 6.05. The highest BCUT2D eigenvalue weighted by atomic mass is 19.1. The lowest BCUT2D eigenvalue weighted by Crippen LogP contribution is -2.35. The van der Waals surface area contributed by atoms with Gasteiger partial charge in [0.05, 0.1) is 19.8 Å². The lowest BCUT2D eigenvalue weighted by Gasteiger charge is -2.32. The topological polar surface area (TPSA) is 59.6 Å². The molecule has 0 bridgehead atoms. The molecule has 0 spiro atoms. The van der Waals surface area contributed by atoms with Crippen LogP contribution in [0.5, 0.6) is 0 Å². The lowest BCUT2D eigenvalue weighted by atomic mass is 9.85. The molecule has 0 radical (unpaired) electrons. The van der Waals surface area contributed by atoms with Gasteiger partial charge in [-0.3, -0.25) is 0 Å². The average molecular weight is 400 g/mol. The Morgan fingerprint density at radius 3 is 2.86 bits per heavy atom. The number of halogens is 1. The molecule has 1 aliphatic heterocycles. The number of alkyl carbamates (subject to hydrolysis) is 1. The van der Waals surface area contributed by atoms with Crippen LogP contribution < -0.4 is 10.6 Å². The summed E-state index contributed by atoms with van der Waals surface area (Å²) in [6, 6.07) is 13.1. The third kappa shape index (κ3) is 5.55. The van der Waals surface area contributed by atoms with Crippen LogP contribution >= 0.6 is 0 Å². The Morgan fingerprint density at radius 2 is 2.14 bits per heavy atom. The van der Waals surface area contributed by atoms with Crippen LogP contribution in [0.15, 0.2) is 42.5 Å². The zero-order valence-corrected chi connectivity index (χ0v) is 17.0. The SMILES string of the molecule is COC(=O)NCCOC(c1cccc(F)c1-c1cccc(C)c1)C1CCCNC1. The molecule has 0 saturated carbocycles. The minimum Gasteiger partial charge on any atom is -0.453 e. The number of aryl methyl sites for hydroxylation is 1. The monoisotopic (exact) mass is 400 g/mol. The Bertz CT molecular complexity index is 822. The van der Waals surface area contributed by atoms with Crippen molar-refractivity contribution >= 4 is 6.09 Å². The highest BCUT2D eigenvalue weighted by molar-refractivity contribution is 5.69. The van der Waals surface area contributed by atoms with Crippen molar-refractivity contribution in [3.05, 3.63) is 59.4 Å². The number of methoxy groups -OCH3 is 1. The van der Waals surface area contributed by atoms with Crippen LogP contribution in [0.1, 0.15) is 30.1 Å². The van der Waals surface area contributed by atoms with E-state index >= 15 is 0 Å². The van der Waals surface area contributed by atoms with Crippen molar-refractivity contribution in [2.45, 2.75) is 25.9 Å². The molecule has 2 aromatic rings. The summed E-state index contributed by atoms with van der Waals surface area (Å²) in [4.78, 5) is 11.3. The molecule has 29 heavy (non-hydrogen) atoms. The van der Waals surface area contributed by atoms with Crippen LogP contribution in [0, 0.1) is 18.7 Å². The summed E-state index contributed by atoms with van der Waals surface area (Å²) < 4.78 is 25.8. The molecule has 0 aliphatic carbocycles. The summed E-state index contributed by atoms with van der Waals surface area (Å²) in [6.07, 6.45) is 1.30. The van der Waals surface area contributed by atoms with Crippen molar-refractivity contribution in [2.24, 2.45) is 5.92 Å². The molecular weight excluding hydrogens is 371 g/mol. The summed E-state index contributed by atoms with van der Waals surface area (Å²) in [5.41, 5.74) is 3.37. The molecular formula is C23H29FN2O3. The minimum atomic E-state index is -0.490. The van der Waals surface area contributed by atoms with E-state index in [0.717, 1.165) is 42.6 Å². The van der Waals surface area contributed by atoms with E-state index in [2.05, 4.69) is 15.4 Å². The number of carbonyl (C=O) groups is 1. The van der Waals surface area contributed by atoms with Gasteiger partial charge in [-0.25, -0.2) is 9.18 Å². The first kappa shape index (κ1) is 21.3. The highest BCUT2D eigenvalue weighted by Crippen LogP contribution is 2.38. The van der Waals surface area contributed by atoms with Crippen LogP contribution in [0.25, 0.3) is 11.1 Å². The summed E-state index contributed by atoms with van der Waals surface area (Å²) in [7, 11) is 1.33. The molecule has 1 aliphatic rings. The van der Waals surface area contributed by atoms with Gasteiger partial charge < -0.3 is 20.1 Å². The van der Waals surface area contributed by atoms with E-state index in [0.29, 0.717) is 18.7 Å². The summed E-state index contributed by atoms with van der Waals surface area (Å²) in [5.74, 6) is -0.0228. The van der Waals surface area contributed by atoms with Gasteiger partial charge in [-0.05, 0) is 43.5 Å². The van der Waals surface area contributed by atoms with Gasteiger partial charge in [0.25, 0.3) is 0 Å². The van der Waals surface area contributed by atoms with Gasteiger partial charge in [-0.1, -0.05) is 42.0 Å². The van der Waals surface area contributed by atoms with E-state index in [9.17, 15) is 9.18 Å². The minimum absolute atomic E-state index is 0.229. The van der Waals surface area contributed by atoms with Gasteiger partial charge in [0.15, 0.2) is 0 Å². The van der Waals surface area contributed by atoms with E-state index in [1.807, 2.05) is 37.3 Å². The largest absolute Gasteiger partial charge is 0.453 e. The van der Waals surface area contributed by atoms with Crippen LogP contribution in [0.3, 0.4) is 0 Å². The Labute approximate surface area is 171 Å². The number of rotatable bonds is 7. The van der Waals surface area contributed by atoms with E-state index in [1.54, 1.807) is 6.07 Å². The first-order valence-electron chi connectivity index (χ1n) is 10.1. The summed E-state index contributed by atoms with van der Waals surface area (Å²) in [6.45, 7) is 4.46. The third-order valence-corrected chi connectivity index (χ3v) is 5.28. The molecule has 6 heteroatoms. The Balaban J connectivity index is 1.90. The smallest absolute Gasteiger partial charge is 0.406 e. The fourth-order valence-corrected chi connectivity index (χ4v) is 3.91. The molecule has 1 heterocycles. The van der Waals surface area contributed by atoms with Gasteiger partial charge in [0.1, 0.15) is 5.82 Å². The lowest BCUT2D eigenvalue weighted by molar-refractivity contribution is 0.00495. The van der Waals surface area contributed by atoms with Crippen LogP contribution in [0.2, 0.25) is 0 Å². The standard InChI is InChI=1S/C23H29FN2O3/c1-16-6-3-7-17(14-16)21-19(9-4-10-20(21)24)22(18-8-5-11-25-15-18)29-13-12-26-23(27)28-2/h3-4,6-7,9-10,14,18,22,25H,5,8,11-13,15H2,1-2H3,(H,26,27). The van der Waals surface area contributed by atoms with Gasteiger partial charge in [0.2, 0.25) is 0 Å². The number of hydrogen-bond acceptors (Lipinski definition) is 4. The van der Waals surface area contributed by atoms with Crippen molar-refractivity contribution in [1.29, 1.82) is 0 Å². The number of carbonyl (C=O) groups excluding carboxylic acids is 1. The molecule has 2 aromatic carbocycles. The normalized spacial score (nSPS) is 17.6. The third-order valence-electron chi connectivity index (χ3n) is 5.28. The summed E-state index contributed by atoms with van der Waals surface area (Å²) >= 11 is 0. The van der Waals surface area contributed by atoms with Crippen molar-refractivity contribution in [1.82, 2.24) is 10.6 Å². The second-order valence-corrected chi connectivity index (χ2v) is 7.39. The molecule has 1 amide bonds. The first-order chi connectivity index (χ1) is 14.1. The van der Waals surface area contributed by atoms with E-state index in [4.69, 9.17) is 4.74 Å².